The lowest BCUT2D eigenvalue weighted by Crippen LogP contribution is -2.01. The molecule has 1 aromatic rings. The van der Waals surface area contributed by atoms with Gasteiger partial charge in [0.15, 0.2) is 5.78 Å². The zero-order valence-electron chi connectivity index (χ0n) is 6.69. The maximum Gasteiger partial charge on any atom is 0.166 e. The van der Waals surface area contributed by atoms with E-state index in [0.717, 1.165) is 0 Å². The molecule has 70 valence electrons. The van der Waals surface area contributed by atoms with Crippen molar-refractivity contribution < 1.29 is 4.79 Å². The van der Waals surface area contributed by atoms with Crippen LogP contribution in [0.5, 0.6) is 0 Å². The van der Waals surface area contributed by atoms with Crippen LogP contribution in [0.1, 0.15) is 16.8 Å². The van der Waals surface area contributed by atoms with Crippen molar-refractivity contribution in [2.45, 2.75) is 6.42 Å². The minimum atomic E-state index is -0.0347. The molecule has 0 radical (unpaired) electrons. The molecular formula is C9H7BrCl2O. The second kappa shape index (κ2) is 4.99. The molecule has 1 aromatic carbocycles. The Bertz CT molecular complexity index is 305. The number of benzene rings is 1. The summed E-state index contributed by atoms with van der Waals surface area (Å²) in [5.74, 6) is -0.0347. The van der Waals surface area contributed by atoms with Gasteiger partial charge in [-0.05, 0) is 12.1 Å². The Hall–Kier alpha value is -0.0500. The Labute approximate surface area is 95.2 Å². The van der Waals surface area contributed by atoms with Crippen molar-refractivity contribution in [2.75, 3.05) is 5.33 Å². The number of alkyl halides is 1. The number of ketones is 1. The number of halogens is 3. The van der Waals surface area contributed by atoms with Gasteiger partial charge in [-0.1, -0.05) is 45.2 Å². The van der Waals surface area contributed by atoms with E-state index >= 15 is 0 Å². The van der Waals surface area contributed by atoms with Gasteiger partial charge in [-0.15, -0.1) is 0 Å². The third kappa shape index (κ3) is 2.70. The van der Waals surface area contributed by atoms with E-state index in [1.165, 1.54) is 0 Å². The van der Waals surface area contributed by atoms with E-state index in [2.05, 4.69) is 15.9 Å². The molecule has 13 heavy (non-hydrogen) atoms. The van der Waals surface area contributed by atoms with Crippen LogP contribution in [-0.4, -0.2) is 11.1 Å². The SMILES string of the molecule is O=C(CCBr)c1c(Cl)cccc1Cl. The first-order valence-corrected chi connectivity index (χ1v) is 5.57. The van der Waals surface area contributed by atoms with Crippen LogP contribution in [0.2, 0.25) is 10.0 Å². The molecule has 0 aliphatic heterocycles. The molecule has 1 rings (SSSR count). The van der Waals surface area contributed by atoms with Crippen molar-refractivity contribution in [3.05, 3.63) is 33.8 Å². The molecule has 0 atom stereocenters. The average Bonchev–Trinajstić information content (AvgIpc) is 2.04. The Morgan fingerprint density at radius 3 is 2.31 bits per heavy atom. The second-order valence-corrected chi connectivity index (χ2v) is 4.07. The fourth-order valence-electron chi connectivity index (χ4n) is 0.975. The van der Waals surface area contributed by atoms with Gasteiger partial charge in [0.1, 0.15) is 0 Å². The summed E-state index contributed by atoms with van der Waals surface area (Å²) < 4.78 is 0. The van der Waals surface area contributed by atoms with Crippen molar-refractivity contribution in [3.63, 3.8) is 0 Å². The Morgan fingerprint density at radius 1 is 1.31 bits per heavy atom. The summed E-state index contributed by atoms with van der Waals surface area (Å²) in [5.41, 5.74) is 0.422. The molecule has 4 heteroatoms. The maximum absolute atomic E-state index is 11.5. The molecule has 0 fully saturated rings. The third-order valence-electron chi connectivity index (χ3n) is 1.56. The lowest BCUT2D eigenvalue weighted by Gasteiger charge is -2.03. The van der Waals surface area contributed by atoms with Crippen LogP contribution in [0.3, 0.4) is 0 Å². The van der Waals surface area contributed by atoms with E-state index in [4.69, 9.17) is 23.2 Å². The van der Waals surface area contributed by atoms with Crippen LogP contribution in [0, 0.1) is 0 Å². The third-order valence-corrected chi connectivity index (χ3v) is 2.59. The zero-order valence-corrected chi connectivity index (χ0v) is 9.79. The number of hydrogen-bond donors (Lipinski definition) is 0. The minimum absolute atomic E-state index is 0.0347. The fourth-order valence-corrected chi connectivity index (χ4v) is 1.94. The molecular weight excluding hydrogens is 275 g/mol. The quantitative estimate of drug-likeness (QED) is 0.605. The van der Waals surface area contributed by atoms with Crippen molar-refractivity contribution in [1.29, 1.82) is 0 Å². The number of carbonyl (C=O) groups excluding carboxylic acids is 1. The highest BCUT2D eigenvalue weighted by molar-refractivity contribution is 9.09. The van der Waals surface area contributed by atoms with Gasteiger partial charge in [0.05, 0.1) is 15.6 Å². The Morgan fingerprint density at radius 2 is 1.85 bits per heavy atom. The van der Waals surface area contributed by atoms with Gasteiger partial charge in [-0.2, -0.15) is 0 Å². The lowest BCUT2D eigenvalue weighted by molar-refractivity contribution is 0.0990. The largest absolute Gasteiger partial charge is 0.294 e. The summed E-state index contributed by atoms with van der Waals surface area (Å²) >= 11 is 14.9. The monoisotopic (exact) mass is 280 g/mol. The maximum atomic E-state index is 11.5. The summed E-state index contributed by atoms with van der Waals surface area (Å²) in [7, 11) is 0. The van der Waals surface area contributed by atoms with Gasteiger partial charge in [-0.3, -0.25) is 4.79 Å². The van der Waals surface area contributed by atoms with Gasteiger partial charge in [-0.25, -0.2) is 0 Å². The number of rotatable bonds is 3. The minimum Gasteiger partial charge on any atom is -0.294 e. The number of carbonyl (C=O) groups is 1. The van der Waals surface area contributed by atoms with E-state index in [0.29, 0.717) is 27.4 Å². The highest BCUT2D eigenvalue weighted by Gasteiger charge is 2.12. The molecule has 0 aromatic heterocycles. The molecule has 0 amide bonds. The van der Waals surface area contributed by atoms with E-state index in [9.17, 15) is 4.79 Å². The molecule has 0 aliphatic carbocycles. The van der Waals surface area contributed by atoms with Crippen molar-refractivity contribution in [3.8, 4) is 0 Å². The standard InChI is InChI=1S/C9H7BrCl2O/c10-5-4-8(13)9-6(11)2-1-3-7(9)12/h1-3H,4-5H2. The normalized spacial score (nSPS) is 10.1. The number of hydrogen-bond acceptors (Lipinski definition) is 1. The zero-order chi connectivity index (χ0) is 9.84. The Kier molecular flexibility index (Phi) is 4.23. The smallest absolute Gasteiger partial charge is 0.166 e. The molecule has 0 heterocycles. The first kappa shape index (κ1) is 11.0. The first-order valence-electron chi connectivity index (χ1n) is 3.70. The Balaban J connectivity index is 3.05. The van der Waals surface area contributed by atoms with Crippen molar-refractivity contribution in [2.24, 2.45) is 0 Å². The molecule has 0 unspecified atom stereocenters. The van der Waals surface area contributed by atoms with E-state index < -0.39 is 0 Å². The summed E-state index contributed by atoms with van der Waals surface area (Å²) in [6.07, 6.45) is 0.406. The van der Waals surface area contributed by atoms with Crippen LogP contribution in [0.15, 0.2) is 18.2 Å². The topological polar surface area (TPSA) is 17.1 Å². The number of Topliss-reactive ketones (excluding diaryl/α,β-unsaturated/α-hetero) is 1. The lowest BCUT2D eigenvalue weighted by atomic mass is 10.1. The van der Waals surface area contributed by atoms with Crippen LogP contribution < -0.4 is 0 Å². The summed E-state index contributed by atoms with van der Waals surface area (Å²) in [6.45, 7) is 0. The van der Waals surface area contributed by atoms with Gasteiger partial charge < -0.3 is 0 Å². The van der Waals surface area contributed by atoms with E-state index in [1.54, 1.807) is 18.2 Å². The van der Waals surface area contributed by atoms with Crippen LogP contribution in [0.25, 0.3) is 0 Å². The molecule has 0 aliphatic rings. The fraction of sp³-hybridized carbons (Fsp3) is 0.222. The average molecular weight is 282 g/mol. The van der Waals surface area contributed by atoms with Gasteiger partial charge in [0.2, 0.25) is 0 Å². The van der Waals surface area contributed by atoms with Crippen LogP contribution in [0.4, 0.5) is 0 Å². The first-order chi connectivity index (χ1) is 6.16. The molecule has 0 spiro atoms. The predicted molar refractivity (Wildman–Crippen MR) is 59.2 cm³/mol. The molecule has 1 nitrogen and oxygen atoms in total. The summed E-state index contributed by atoms with van der Waals surface area (Å²) in [6, 6.07) is 5.04. The highest BCUT2D eigenvalue weighted by atomic mass is 79.9. The molecule has 0 bridgehead atoms. The highest BCUT2D eigenvalue weighted by Crippen LogP contribution is 2.25. The van der Waals surface area contributed by atoms with Crippen LogP contribution >= 0.6 is 39.1 Å². The molecule has 0 N–H and O–H groups in total. The van der Waals surface area contributed by atoms with Gasteiger partial charge in [0, 0.05) is 11.8 Å². The second-order valence-electron chi connectivity index (χ2n) is 2.46. The van der Waals surface area contributed by atoms with E-state index in [1.807, 2.05) is 0 Å². The predicted octanol–water partition coefficient (Wildman–Crippen LogP) is 3.96. The van der Waals surface area contributed by atoms with Gasteiger partial charge in [0.25, 0.3) is 0 Å². The summed E-state index contributed by atoms with van der Waals surface area (Å²) in [5, 5.41) is 1.45. The summed E-state index contributed by atoms with van der Waals surface area (Å²) in [4.78, 5) is 11.5. The van der Waals surface area contributed by atoms with Gasteiger partial charge >= 0.3 is 0 Å². The van der Waals surface area contributed by atoms with Crippen molar-refractivity contribution in [1.82, 2.24) is 0 Å². The molecule has 0 saturated carbocycles. The molecule has 0 saturated heterocycles. The van der Waals surface area contributed by atoms with Crippen molar-refractivity contribution >= 4 is 44.9 Å². The van der Waals surface area contributed by atoms with E-state index in [-0.39, 0.29) is 5.78 Å². The van der Waals surface area contributed by atoms with Crippen LogP contribution in [-0.2, 0) is 0 Å².